The minimum atomic E-state index is -0.337. The van der Waals surface area contributed by atoms with Crippen LogP contribution < -0.4 is 10.2 Å². The maximum absolute atomic E-state index is 11.6. The van der Waals surface area contributed by atoms with Crippen molar-refractivity contribution in [1.29, 1.82) is 0 Å². The molecule has 4 nitrogen and oxygen atoms in total. The van der Waals surface area contributed by atoms with E-state index in [0.717, 1.165) is 10.0 Å². The van der Waals surface area contributed by atoms with Gasteiger partial charge in [0.1, 0.15) is 5.75 Å². The van der Waals surface area contributed by atoms with E-state index < -0.39 is 0 Å². The van der Waals surface area contributed by atoms with Crippen molar-refractivity contribution in [2.24, 2.45) is 5.10 Å². The summed E-state index contributed by atoms with van der Waals surface area (Å²) in [5.74, 6) is 0.238. The molecule has 0 saturated heterocycles. The van der Waals surface area contributed by atoms with Gasteiger partial charge in [-0.05, 0) is 42.0 Å². The van der Waals surface area contributed by atoms with Crippen molar-refractivity contribution in [3.8, 4) is 5.75 Å². The van der Waals surface area contributed by atoms with E-state index in [2.05, 4.69) is 26.5 Å². The van der Waals surface area contributed by atoms with Crippen LogP contribution >= 0.6 is 27.5 Å². The van der Waals surface area contributed by atoms with Gasteiger partial charge in [-0.25, -0.2) is 5.43 Å². The molecule has 0 unspecified atom stereocenters. The second-order valence-corrected chi connectivity index (χ2v) is 5.44. The SMILES string of the molecule is O=C(COc1ccc(Cl)cc1)N/N=C/c1cccc(Br)c1. The number of amides is 1. The lowest BCUT2D eigenvalue weighted by Crippen LogP contribution is -2.24. The van der Waals surface area contributed by atoms with Crippen LogP contribution in [-0.4, -0.2) is 18.7 Å². The molecule has 0 aromatic heterocycles. The number of carbonyl (C=O) groups is 1. The first-order valence-corrected chi connectivity index (χ1v) is 7.26. The number of hydrazone groups is 1. The molecular weight excluding hydrogens is 356 g/mol. The molecule has 0 heterocycles. The summed E-state index contributed by atoms with van der Waals surface area (Å²) >= 11 is 9.12. The average Bonchev–Trinajstić information content (AvgIpc) is 2.47. The molecule has 1 N–H and O–H groups in total. The average molecular weight is 368 g/mol. The number of carbonyl (C=O) groups excluding carboxylic acids is 1. The zero-order valence-corrected chi connectivity index (χ0v) is 13.3. The summed E-state index contributed by atoms with van der Waals surface area (Å²) in [7, 11) is 0. The molecular formula is C15H12BrClN2O2. The van der Waals surface area contributed by atoms with Crippen molar-refractivity contribution in [1.82, 2.24) is 5.43 Å². The largest absolute Gasteiger partial charge is 0.484 e. The maximum atomic E-state index is 11.6. The second kappa shape index (κ2) is 7.81. The molecule has 0 atom stereocenters. The van der Waals surface area contributed by atoms with E-state index in [-0.39, 0.29) is 12.5 Å². The first-order valence-electron chi connectivity index (χ1n) is 6.09. The van der Waals surface area contributed by atoms with E-state index in [1.807, 2.05) is 24.3 Å². The van der Waals surface area contributed by atoms with Gasteiger partial charge in [0.15, 0.2) is 6.61 Å². The lowest BCUT2D eigenvalue weighted by Gasteiger charge is -2.04. The molecule has 0 saturated carbocycles. The van der Waals surface area contributed by atoms with Crippen LogP contribution in [-0.2, 0) is 4.79 Å². The summed E-state index contributed by atoms with van der Waals surface area (Å²) < 4.78 is 6.24. The van der Waals surface area contributed by atoms with Gasteiger partial charge in [-0.1, -0.05) is 39.7 Å². The van der Waals surface area contributed by atoms with Gasteiger partial charge in [0.25, 0.3) is 5.91 Å². The number of hydrogen-bond donors (Lipinski definition) is 1. The smallest absolute Gasteiger partial charge is 0.277 e. The molecule has 21 heavy (non-hydrogen) atoms. The Morgan fingerprint density at radius 2 is 2.05 bits per heavy atom. The van der Waals surface area contributed by atoms with Crippen molar-refractivity contribution in [3.63, 3.8) is 0 Å². The summed E-state index contributed by atoms with van der Waals surface area (Å²) in [5, 5.41) is 4.48. The molecule has 0 bridgehead atoms. The molecule has 0 spiro atoms. The van der Waals surface area contributed by atoms with Crippen LogP contribution in [0.25, 0.3) is 0 Å². The standard InChI is InChI=1S/C15H12BrClN2O2/c16-12-3-1-2-11(8-12)9-18-19-15(20)10-21-14-6-4-13(17)5-7-14/h1-9H,10H2,(H,19,20)/b18-9+. The lowest BCUT2D eigenvalue weighted by molar-refractivity contribution is -0.123. The van der Waals surface area contributed by atoms with Crippen molar-refractivity contribution < 1.29 is 9.53 Å². The van der Waals surface area contributed by atoms with E-state index >= 15 is 0 Å². The molecule has 1 amide bonds. The molecule has 0 aliphatic rings. The third kappa shape index (κ3) is 5.57. The number of nitrogens with zero attached hydrogens (tertiary/aromatic N) is 1. The van der Waals surface area contributed by atoms with Gasteiger partial charge in [-0.15, -0.1) is 0 Å². The number of ether oxygens (including phenoxy) is 1. The number of rotatable bonds is 5. The van der Waals surface area contributed by atoms with Crippen molar-refractivity contribution in [2.75, 3.05) is 6.61 Å². The Hall–Kier alpha value is -1.85. The summed E-state index contributed by atoms with van der Waals surface area (Å²) in [6.45, 7) is -0.114. The maximum Gasteiger partial charge on any atom is 0.277 e. The Labute approximate surface area is 135 Å². The van der Waals surface area contributed by atoms with Crippen LogP contribution in [0.1, 0.15) is 5.56 Å². The second-order valence-electron chi connectivity index (χ2n) is 4.09. The molecule has 2 aromatic rings. The first-order chi connectivity index (χ1) is 10.1. The van der Waals surface area contributed by atoms with Gasteiger partial charge in [0.05, 0.1) is 6.21 Å². The van der Waals surface area contributed by atoms with Crippen LogP contribution in [0.4, 0.5) is 0 Å². The molecule has 6 heteroatoms. The van der Waals surface area contributed by atoms with Crippen molar-refractivity contribution in [2.45, 2.75) is 0 Å². The van der Waals surface area contributed by atoms with E-state index in [4.69, 9.17) is 16.3 Å². The van der Waals surface area contributed by atoms with Crippen LogP contribution in [0.2, 0.25) is 5.02 Å². The highest BCUT2D eigenvalue weighted by Gasteiger charge is 2.01. The third-order valence-corrected chi connectivity index (χ3v) is 3.18. The van der Waals surface area contributed by atoms with E-state index in [1.54, 1.807) is 30.5 Å². The molecule has 0 radical (unpaired) electrons. The summed E-state index contributed by atoms with van der Waals surface area (Å²) in [4.78, 5) is 11.6. The molecule has 2 aromatic carbocycles. The normalized spacial score (nSPS) is 10.6. The quantitative estimate of drug-likeness (QED) is 0.648. The summed E-state index contributed by atoms with van der Waals surface area (Å²) in [6, 6.07) is 14.3. The highest BCUT2D eigenvalue weighted by atomic mass is 79.9. The molecule has 2 rings (SSSR count). The van der Waals surface area contributed by atoms with Crippen LogP contribution in [0.3, 0.4) is 0 Å². The fraction of sp³-hybridized carbons (Fsp3) is 0.0667. The summed E-state index contributed by atoms with van der Waals surface area (Å²) in [5.41, 5.74) is 3.27. The minimum Gasteiger partial charge on any atom is -0.484 e. The van der Waals surface area contributed by atoms with Crippen LogP contribution in [0, 0.1) is 0 Å². The fourth-order valence-corrected chi connectivity index (χ4v) is 2.02. The zero-order chi connectivity index (χ0) is 15.1. The Morgan fingerprint density at radius 1 is 1.29 bits per heavy atom. The number of nitrogens with one attached hydrogen (secondary N) is 1. The Morgan fingerprint density at radius 3 is 2.76 bits per heavy atom. The third-order valence-electron chi connectivity index (χ3n) is 2.44. The highest BCUT2D eigenvalue weighted by molar-refractivity contribution is 9.10. The van der Waals surface area contributed by atoms with Crippen LogP contribution in [0.5, 0.6) is 5.75 Å². The van der Waals surface area contributed by atoms with Crippen molar-refractivity contribution >= 4 is 39.7 Å². The molecule has 108 valence electrons. The number of halogens is 2. The van der Waals surface area contributed by atoms with Gasteiger partial charge >= 0.3 is 0 Å². The topological polar surface area (TPSA) is 50.7 Å². The first kappa shape index (κ1) is 15.5. The number of benzene rings is 2. The Kier molecular flexibility index (Phi) is 5.78. The van der Waals surface area contributed by atoms with Gasteiger partial charge in [-0.3, -0.25) is 4.79 Å². The highest BCUT2D eigenvalue weighted by Crippen LogP contribution is 2.15. The van der Waals surface area contributed by atoms with E-state index in [0.29, 0.717) is 10.8 Å². The predicted molar refractivity (Wildman–Crippen MR) is 86.8 cm³/mol. The molecule has 0 fully saturated rings. The zero-order valence-electron chi connectivity index (χ0n) is 10.9. The fourth-order valence-electron chi connectivity index (χ4n) is 1.48. The minimum absolute atomic E-state index is 0.114. The van der Waals surface area contributed by atoms with Gasteiger partial charge in [-0.2, -0.15) is 5.10 Å². The van der Waals surface area contributed by atoms with Gasteiger partial charge in [0.2, 0.25) is 0 Å². The predicted octanol–water partition coefficient (Wildman–Crippen LogP) is 3.63. The van der Waals surface area contributed by atoms with Crippen LogP contribution in [0.15, 0.2) is 58.1 Å². The van der Waals surface area contributed by atoms with Gasteiger partial charge in [0, 0.05) is 9.50 Å². The number of hydrogen-bond acceptors (Lipinski definition) is 3. The van der Waals surface area contributed by atoms with Gasteiger partial charge < -0.3 is 4.74 Å². The molecule has 0 aliphatic carbocycles. The Bertz CT molecular complexity index is 644. The Balaban J connectivity index is 1.78. The molecule has 0 aliphatic heterocycles. The van der Waals surface area contributed by atoms with E-state index in [9.17, 15) is 4.79 Å². The van der Waals surface area contributed by atoms with Crippen molar-refractivity contribution in [3.05, 3.63) is 63.6 Å². The van der Waals surface area contributed by atoms with E-state index in [1.165, 1.54) is 0 Å². The summed E-state index contributed by atoms with van der Waals surface area (Å²) in [6.07, 6.45) is 1.56. The lowest BCUT2D eigenvalue weighted by atomic mass is 10.2. The monoisotopic (exact) mass is 366 g/mol.